The maximum atomic E-state index is 12.3. The molecule has 2 N–H and O–H groups in total. The second-order valence-electron chi connectivity index (χ2n) is 7.30. The van der Waals surface area contributed by atoms with Gasteiger partial charge in [-0.3, -0.25) is 9.52 Å². The topological polar surface area (TPSA) is 103 Å². The Morgan fingerprint density at radius 2 is 1.62 bits per heavy atom. The number of nitrogens with one attached hydrogen (secondary N) is 2. The zero-order valence-electron chi connectivity index (χ0n) is 19.0. The van der Waals surface area contributed by atoms with E-state index < -0.39 is 21.7 Å². The van der Waals surface area contributed by atoms with Gasteiger partial charge in [0.05, 0.1) is 19.3 Å². The summed E-state index contributed by atoms with van der Waals surface area (Å²) in [6, 6.07) is 12.1. The van der Waals surface area contributed by atoms with Crippen molar-refractivity contribution >= 4 is 21.6 Å². The Balaban J connectivity index is 1.84. The maximum Gasteiger partial charge on any atom is 0.241 e. The number of benzene rings is 2. The molecule has 176 valence electrons. The molecule has 0 atom stereocenters. The highest BCUT2D eigenvalue weighted by atomic mass is 32.2. The highest BCUT2D eigenvalue weighted by molar-refractivity contribution is 7.93. The summed E-state index contributed by atoms with van der Waals surface area (Å²) in [5, 5.41) is 2.64. The fraction of sp³-hybridized carbons (Fsp3) is 0.435. The molecule has 0 unspecified atom stereocenters. The van der Waals surface area contributed by atoms with Crippen LogP contribution >= 0.6 is 0 Å². The minimum Gasteiger partial charge on any atom is -0.491 e. The third-order valence-corrected chi connectivity index (χ3v) is 5.35. The van der Waals surface area contributed by atoms with Gasteiger partial charge in [-0.2, -0.15) is 0 Å². The number of ether oxygens (including phenoxy) is 3. The summed E-state index contributed by atoms with van der Waals surface area (Å²) in [7, 11) is -3.83. The molecule has 0 fully saturated rings. The predicted octanol–water partition coefficient (Wildman–Crippen LogP) is 3.37. The summed E-state index contributed by atoms with van der Waals surface area (Å²) >= 11 is 0. The van der Waals surface area contributed by atoms with E-state index in [9.17, 15) is 13.2 Å². The van der Waals surface area contributed by atoms with Crippen LogP contribution in [-0.2, 0) is 21.2 Å². The molecule has 8 nitrogen and oxygen atoms in total. The van der Waals surface area contributed by atoms with Gasteiger partial charge in [-0.05, 0) is 76.1 Å². The van der Waals surface area contributed by atoms with E-state index in [1.165, 1.54) is 0 Å². The van der Waals surface area contributed by atoms with Crippen LogP contribution in [0.15, 0.2) is 42.5 Å². The van der Waals surface area contributed by atoms with Crippen LogP contribution in [-0.4, -0.2) is 45.9 Å². The van der Waals surface area contributed by atoms with E-state index >= 15 is 0 Å². The van der Waals surface area contributed by atoms with Crippen molar-refractivity contribution in [1.29, 1.82) is 0 Å². The Morgan fingerprint density at radius 3 is 2.25 bits per heavy atom. The molecular weight excluding hydrogens is 432 g/mol. The van der Waals surface area contributed by atoms with Crippen molar-refractivity contribution in [3.8, 4) is 17.2 Å². The number of rotatable bonds is 13. The second kappa shape index (κ2) is 12.2. The fourth-order valence-corrected chi connectivity index (χ4v) is 3.92. The van der Waals surface area contributed by atoms with Crippen LogP contribution in [0, 0.1) is 0 Å². The monoisotopic (exact) mass is 464 g/mol. The lowest BCUT2D eigenvalue weighted by atomic mass is 10.1. The van der Waals surface area contributed by atoms with Crippen molar-refractivity contribution in [2.45, 2.75) is 40.2 Å². The number of carbonyl (C=O) groups excluding carboxylic acids is 1. The second-order valence-corrected chi connectivity index (χ2v) is 9.02. The zero-order chi connectivity index (χ0) is 23.6. The van der Waals surface area contributed by atoms with E-state index in [4.69, 9.17) is 14.2 Å². The van der Waals surface area contributed by atoms with Crippen LogP contribution in [0.2, 0.25) is 0 Å². The molecule has 0 aliphatic rings. The lowest BCUT2D eigenvalue weighted by Gasteiger charge is -2.13. The van der Waals surface area contributed by atoms with E-state index in [0.29, 0.717) is 49.1 Å². The van der Waals surface area contributed by atoms with E-state index in [-0.39, 0.29) is 6.10 Å². The Bertz CT molecular complexity index is 974. The first-order chi connectivity index (χ1) is 15.2. The van der Waals surface area contributed by atoms with Gasteiger partial charge in [-0.15, -0.1) is 0 Å². The minimum atomic E-state index is -3.83. The van der Waals surface area contributed by atoms with Gasteiger partial charge in [0.15, 0.2) is 11.5 Å². The van der Waals surface area contributed by atoms with Gasteiger partial charge in [0.25, 0.3) is 0 Å². The summed E-state index contributed by atoms with van der Waals surface area (Å²) < 4.78 is 43.6. The van der Waals surface area contributed by atoms with Crippen molar-refractivity contribution in [3.05, 3.63) is 48.0 Å². The molecule has 1 amide bonds. The first-order valence-corrected chi connectivity index (χ1v) is 12.3. The largest absolute Gasteiger partial charge is 0.491 e. The summed E-state index contributed by atoms with van der Waals surface area (Å²) in [6.07, 6.45) is 0.554. The van der Waals surface area contributed by atoms with Crippen LogP contribution in [0.25, 0.3) is 0 Å². The van der Waals surface area contributed by atoms with Gasteiger partial charge in [-0.25, -0.2) is 8.42 Å². The van der Waals surface area contributed by atoms with Gasteiger partial charge in [-0.1, -0.05) is 6.07 Å². The molecule has 32 heavy (non-hydrogen) atoms. The Hall–Kier alpha value is -2.94. The van der Waals surface area contributed by atoms with Crippen molar-refractivity contribution in [1.82, 2.24) is 5.32 Å². The Labute approximate surface area is 190 Å². The molecule has 0 bridgehead atoms. The number of amides is 1. The third-order valence-electron chi connectivity index (χ3n) is 4.16. The molecule has 0 aliphatic carbocycles. The molecule has 2 aromatic carbocycles. The first-order valence-electron chi connectivity index (χ1n) is 10.6. The molecule has 0 saturated carbocycles. The van der Waals surface area contributed by atoms with Gasteiger partial charge < -0.3 is 19.5 Å². The first kappa shape index (κ1) is 25.3. The van der Waals surface area contributed by atoms with Gasteiger partial charge >= 0.3 is 0 Å². The number of hydrogen-bond acceptors (Lipinski definition) is 6. The molecule has 2 aromatic rings. The van der Waals surface area contributed by atoms with Crippen molar-refractivity contribution in [3.63, 3.8) is 0 Å². The summed E-state index contributed by atoms with van der Waals surface area (Å²) in [4.78, 5) is 12.1. The van der Waals surface area contributed by atoms with Gasteiger partial charge in [0.2, 0.25) is 15.9 Å². The number of carbonyl (C=O) groups is 1. The van der Waals surface area contributed by atoms with Crippen LogP contribution in [0.1, 0.15) is 33.3 Å². The molecule has 0 radical (unpaired) electrons. The highest BCUT2D eigenvalue weighted by Gasteiger charge is 2.16. The predicted molar refractivity (Wildman–Crippen MR) is 125 cm³/mol. The van der Waals surface area contributed by atoms with E-state index in [1.54, 1.807) is 24.3 Å². The average molecular weight is 465 g/mol. The summed E-state index contributed by atoms with van der Waals surface area (Å²) in [5.74, 6) is 0.721. The third kappa shape index (κ3) is 8.66. The van der Waals surface area contributed by atoms with Crippen LogP contribution in [0.5, 0.6) is 17.2 Å². The molecule has 0 saturated heterocycles. The summed E-state index contributed by atoms with van der Waals surface area (Å²) in [6.45, 7) is 8.96. The minimum absolute atomic E-state index is 0.0228. The van der Waals surface area contributed by atoms with E-state index in [2.05, 4.69) is 10.0 Å². The highest BCUT2D eigenvalue weighted by Crippen LogP contribution is 2.28. The van der Waals surface area contributed by atoms with Crippen molar-refractivity contribution in [2.75, 3.05) is 30.2 Å². The SMILES string of the molecule is CCOc1ccc(CCNC(=O)CS(=O)(=O)Nc2ccc(OC(C)C)cc2)cc1OCC. The fourth-order valence-electron chi connectivity index (χ4n) is 2.91. The molecule has 0 aromatic heterocycles. The number of anilines is 1. The normalized spacial score (nSPS) is 11.2. The van der Waals surface area contributed by atoms with Crippen LogP contribution in [0.3, 0.4) is 0 Å². The van der Waals surface area contributed by atoms with Crippen molar-refractivity contribution < 1.29 is 27.4 Å². The van der Waals surface area contributed by atoms with E-state index in [0.717, 1.165) is 5.56 Å². The lowest BCUT2D eigenvalue weighted by Crippen LogP contribution is -2.34. The van der Waals surface area contributed by atoms with Gasteiger partial charge in [0, 0.05) is 12.2 Å². The molecule has 0 aliphatic heterocycles. The van der Waals surface area contributed by atoms with Crippen molar-refractivity contribution in [2.24, 2.45) is 0 Å². The number of hydrogen-bond donors (Lipinski definition) is 2. The maximum absolute atomic E-state index is 12.3. The molecule has 0 spiro atoms. The van der Waals surface area contributed by atoms with Crippen LogP contribution < -0.4 is 24.2 Å². The van der Waals surface area contributed by atoms with Gasteiger partial charge in [0.1, 0.15) is 11.5 Å². The zero-order valence-corrected chi connectivity index (χ0v) is 19.8. The molecule has 0 heterocycles. The smallest absolute Gasteiger partial charge is 0.241 e. The standard InChI is InChI=1S/C23H32N2O6S/c1-5-29-21-12-7-18(15-22(21)30-6-2)13-14-24-23(26)16-32(27,28)25-19-8-10-20(11-9-19)31-17(3)4/h7-12,15,17,25H,5-6,13-14,16H2,1-4H3,(H,24,26). The molecule has 9 heteroatoms. The van der Waals surface area contributed by atoms with Crippen LogP contribution in [0.4, 0.5) is 5.69 Å². The molecular formula is C23H32N2O6S. The quantitative estimate of drug-likeness (QED) is 0.471. The average Bonchev–Trinajstić information content (AvgIpc) is 2.70. The number of sulfonamides is 1. The summed E-state index contributed by atoms with van der Waals surface area (Å²) in [5.41, 5.74) is 1.31. The molecule has 2 rings (SSSR count). The Kier molecular flexibility index (Phi) is 9.64. The Morgan fingerprint density at radius 1 is 0.969 bits per heavy atom. The lowest BCUT2D eigenvalue weighted by molar-refractivity contribution is -0.118. The van der Waals surface area contributed by atoms with E-state index in [1.807, 2.05) is 45.9 Å².